The zero-order valence-electron chi connectivity index (χ0n) is 19.9. The Labute approximate surface area is 218 Å². The first-order valence-electron chi connectivity index (χ1n) is 11.4. The number of aromatic nitrogens is 1. The van der Waals surface area contributed by atoms with E-state index in [1.807, 2.05) is 0 Å². The molecule has 1 heterocycles. The standard InChI is InChI=1S/C28H20F6N2O3/c29-20-10-8-18(9-11-20)27(16-17-5-2-1-3-6-17,36-25(38)24-23(37)7-4-12-35-24)19-13-21(30)15-22(14-19)39-28(33,34)26(31)32/h1-15,26,37H,16H2,(H,36,38). The molecule has 3 aromatic carbocycles. The van der Waals surface area contributed by atoms with Crippen molar-refractivity contribution in [3.8, 4) is 11.5 Å². The molecule has 1 unspecified atom stereocenters. The van der Waals surface area contributed by atoms with Crippen LogP contribution in [0.4, 0.5) is 26.3 Å². The Kier molecular flexibility index (Phi) is 7.80. The summed E-state index contributed by atoms with van der Waals surface area (Å²) in [5, 5.41) is 12.9. The number of aromatic hydroxyl groups is 1. The minimum absolute atomic E-state index is 0.146. The lowest BCUT2D eigenvalue weighted by molar-refractivity contribution is -0.253. The number of carbonyl (C=O) groups excluding carboxylic acids is 1. The summed E-state index contributed by atoms with van der Waals surface area (Å²) in [6.45, 7) is 0. The van der Waals surface area contributed by atoms with Crippen molar-refractivity contribution in [1.82, 2.24) is 10.3 Å². The van der Waals surface area contributed by atoms with E-state index in [2.05, 4.69) is 15.0 Å². The van der Waals surface area contributed by atoms with Crippen LogP contribution in [0.15, 0.2) is 91.1 Å². The summed E-state index contributed by atoms with van der Waals surface area (Å²) in [7, 11) is 0. The summed E-state index contributed by atoms with van der Waals surface area (Å²) in [6, 6.07) is 18.0. The molecule has 0 fully saturated rings. The van der Waals surface area contributed by atoms with Crippen molar-refractivity contribution in [1.29, 1.82) is 0 Å². The van der Waals surface area contributed by atoms with Gasteiger partial charge in [-0.25, -0.2) is 13.8 Å². The first-order valence-corrected chi connectivity index (χ1v) is 11.4. The van der Waals surface area contributed by atoms with E-state index in [1.165, 1.54) is 30.5 Å². The van der Waals surface area contributed by atoms with E-state index in [0.717, 1.165) is 24.3 Å². The van der Waals surface area contributed by atoms with Gasteiger partial charge in [-0.1, -0.05) is 42.5 Å². The Hall–Kier alpha value is -4.54. The second kappa shape index (κ2) is 11.1. The van der Waals surface area contributed by atoms with Crippen molar-refractivity contribution in [3.05, 3.63) is 125 Å². The number of alkyl halides is 4. The van der Waals surface area contributed by atoms with E-state index in [1.54, 1.807) is 30.3 Å². The van der Waals surface area contributed by atoms with Gasteiger partial charge in [0.25, 0.3) is 5.91 Å². The summed E-state index contributed by atoms with van der Waals surface area (Å²) >= 11 is 0. The third kappa shape index (κ3) is 6.14. The van der Waals surface area contributed by atoms with Gasteiger partial charge in [-0.05, 0) is 53.1 Å². The van der Waals surface area contributed by atoms with Crippen LogP contribution in [0.1, 0.15) is 27.2 Å². The summed E-state index contributed by atoms with van der Waals surface area (Å²) in [6.07, 6.45) is -8.05. The second-order valence-electron chi connectivity index (χ2n) is 8.54. The average Bonchev–Trinajstić information content (AvgIpc) is 2.89. The number of hydrogen-bond acceptors (Lipinski definition) is 4. The molecule has 5 nitrogen and oxygen atoms in total. The molecule has 1 aromatic heterocycles. The maximum atomic E-state index is 14.8. The van der Waals surface area contributed by atoms with E-state index in [9.17, 15) is 36.2 Å². The predicted octanol–water partition coefficient (Wildman–Crippen LogP) is 6.22. The molecule has 4 aromatic rings. The predicted molar refractivity (Wildman–Crippen MR) is 129 cm³/mol. The van der Waals surface area contributed by atoms with Crippen LogP contribution in [-0.4, -0.2) is 28.5 Å². The number of halogens is 6. The quantitative estimate of drug-likeness (QED) is 0.245. The van der Waals surface area contributed by atoms with Crippen LogP contribution in [0.2, 0.25) is 0 Å². The Morgan fingerprint density at radius 1 is 0.897 bits per heavy atom. The maximum Gasteiger partial charge on any atom is 0.461 e. The molecule has 0 aliphatic heterocycles. The summed E-state index contributed by atoms with van der Waals surface area (Å²) in [5.74, 6) is -4.15. The highest BCUT2D eigenvalue weighted by atomic mass is 19.3. The number of hydrogen-bond donors (Lipinski definition) is 2. The van der Waals surface area contributed by atoms with Crippen molar-refractivity contribution in [2.45, 2.75) is 24.5 Å². The largest absolute Gasteiger partial charge is 0.505 e. The number of nitrogens with zero attached hydrogens (tertiary/aromatic N) is 1. The molecular formula is C28H20F6N2O3. The lowest BCUT2D eigenvalue weighted by Gasteiger charge is -2.37. The molecule has 1 atom stereocenters. The lowest BCUT2D eigenvalue weighted by atomic mass is 9.77. The molecule has 0 aliphatic rings. The van der Waals surface area contributed by atoms with Crippen LogP contribution < -0.4 is 10.1 Å². The molecule has 39 heavy (non-hydrogen) atoms. The highest BCUT2D eigenvalue weighted by Crippen LogP contribution is 2.38. The molecule has 0 saturated heterocycles. The van der Waals surface area contributed by atoms with Crippen molar-refractivity contribution in [2.24, 2.45) is 0 Å². The molecule has 11 heteroatoms. The zero-order valence-corrected chi connectivity index (χ0v) is 19.9. The van der Waals surface area contributed by atoms with Gasteiger partial charge in [0.05, 0.1) is 5.54 Å². The van der Waals surface area contributed by atoms with Gasteiger partial charge in [0.15, 0.2) is 5.69 Å². The maximum absolute atomic E-state index is 14.8. The third-order valence-electron chi connectivity index (χ3n) is 5.85. The van der Waals surface area contributed by atoms with Crippen LogP contribution in [0.25, 0.3) is 0 Å². The molecule has 1 amide bonds. The Morgan fingerprint density at radius 2 is 1.59 bits per heavy atom. The minimum atomic E-state index is -4.94. The molecule has 4 rings (SSSR count). The second-order valence-corrected chi connectivity index (χ2v) is 8.54. The first-order chi connectivity index (χ1) is 18.5. The summed E-state index contributed by atoms with van der Waals surface area (Å²) < 4.78 is 86.0. The number of pyridine rings is 1. The van der Waals surface area contributed by atoms with Crippen molar-refractivity contribution < 1.29 is 41.0 Å². The summed E-state index contributed by atoms with van der Waals surface area (Å²) in [4.78, 5) is 17.3. The first kappa shape index (κ1) is 27.5. The smallest absolute Gasteiger partial charge is 0.461 e. The molecule has 0 bridgehead atoms. The van der Waals surface area contributed by atoms with E-state index in [0.29, 0.717) is 11.6 Å². The monoisotopic (exact) mass is 546 g/mol. The number of amides is 1. The fourth-order valence-corrected chi connectivity index (χ4v) is 4.09. The lowest BCUT2D eigenvalue weighted by Crippen LogP contribution is -2.49. The van der Waals surface area contributed by atoms with Crippen LogP contribution >= 0.6 is 0 Å². The van der Waals surface area contributed by atoms with Crippen LogP contribution in [0.3, 0.4) is 0 Å². The highest BCUT2D eigenvalue weighted by Gasteiger charge is 2.45. The van der Waals surface area contributed by atoms with Gasteiger partial charge in [-0.2, -0.15) is 17.6 Å². The molecular weight excluding hydrogens is 526 g/mol. The van der Waals surface area contributed by atoms with E-state index in [4.69, 9.17) is 0 Å². The van der Waals surface area contributed by atoms with Gasteiger partial charge >= 0.3 is 12.5 Å². The van der Waals surface area contributed by atoms with Gasteiger partial charge in [0.1, 0.15) is 23.1 Å². The van der Waals surface area contributed by atoms with E-state index >= 15 is 0 Å². The normalized spacial score (nSPS) is 13.1. The molecule has 202 valence electrons. The van der Waals surface area contributed by atoms with Gasteiger partial charge in [0.2, 0.25) is 0 Å². The number of nitrogens with one attached hydrogen (secondary N) is 1. The topological polar surface area (TPSA) is 71.5 Å². The highest BCUT2D eigenvalue weighted by molar-refractivity contribution is 5.95. The van der Waals surface area contributed by atoms with Crippen molar-refractivity contribution in [2.75, 3.05) is 0 Å². The Balaban J connectivity index is 1.95. The number of carbonyl (C=O) groups is 1. The van der Waals surface area contributed by atoms with E-state index in [-0.39, 0.29) is 17.5 Å². The van der Waals surface area contributed by atoms with Crippen LogP contribution in [0.5, 0.6) is 11.5 Å². The van der Waals surface area contributed by atoms with Crippen LogP contribution in [0, 0.1) is 11.6 Å². The van der Waals surface area contributed by atoms with Crippen LogP contribution in [-0.2, 0) is 12.0 Å². The molecule has 0 aliphatic carbocycles. The van der Waals surface area contributed by atoms with Gasteiger partial charge in [-0.15, -0.1) is 0 Å². The molecule has 0 spiro atoms. The van der Waals surface area contributed by atoms with Gasteiger partial charge in [-0.3, -0.25) is 4.79 Å². The minimum Gasteiger partial charge on any atom is -0.505 e. The van der Waals surface area contributed by atoms with E-state index < -0.39 is 52.8 Å². The Morgan fingerprint density at radius 3 is 2.23 bits per heavy atom. The average molecular weight is 546 g/mol. The number of benzene rings is 3. The molecule has 0 saturated carbocycles. The fourth-order valence-electron chi connectivity index (χ4n) is 4.09. The molecule has 2 N–H and O–H groups in total. The third-order valence-corrected chi connectivity index (χ3v) is 5.85. The number of rotatable bonds is 9. The van der Waals surface area contributed by atoms with Crippen molar-refractivity contribution >= 4 is 5.91 Å². The van der Waals surface area contributed by atoms with Gasteiger partial charge in [0, 0.05) is 18.7 Å². The molecule has 0 radical (unpaired) electrons. The number of ether oxygens (including phenoxy) is 1. The summed E-state index contributed by atoms with van der Waals surface area (Å²) in [5.41, 5.74) is -1.68. The van der Waals surface area contributed by atoms with Gasteiger partial charge < -0.3 is 15.2 Å². The van der Waals surface area contributed by atoms with Crippen molar-refractivity contribution in [3.63, 3.8) is 0 Å². The zero-order chi connectivity index (χ0) is 28.2. The SMILES string of the molecule is O=C(NC(Cc1ccccc1)(c1ccc(F)cc1)c1cc(F)cc(OC(F)(F)C(F)F)c1)c1ncccc1O. The Bertz CT molecular complexity index is 1450. The fraction of sp³-hybridized carbons (Fsp3) is 0.143.